The number of hydrogen-bond donors (Lipinski definition) is 0. The number of allylic oxidation sites excluding steroid dienone is 2. The Morgan fingerprint density at radius 3 is 1.89 bits per heavy atom. The lowest BCUT2D eigenvalue weighted by Crippen LogP contribution is -2.67. The Hall–Kier alpha value is -2.92. The highest BCUT2D eigenvalue weighted by atomic mass is 28.4. The molecule has 254 valence electrons. The largest absolute Gasteiger partial charge is 0.457 e. The van der Waals surface area contributed by atoms with E-state index in [1.165, 1.54) is 21.1 Å². The van der Waals surface area contributed by atoms with Gasteiger partial charge in [-0.3, -0.25) is 4.79 Å². The zero-order chi connectivity index (χ0) is 34.2. The van der Waals surface area contributed by atoms with Crippen molar-refractivity contribution in [2.24, 2.45) is 5.92 Å². The smallest absolute Gasteiger partial charge is 0.333 e. The van der Waals surface area contributed by atoms with Crippen molar-refractivity contribution < 1.29 is 37.7 Å². The van der Waals surface area contributed by atoms with E-state index in [0.717, 1.165) is 16.8 Å². The Morgan fingerprint density at radius 2 is 1.41 bits per heavy atom. The van der Waals surface area contributed by atoms with E-state index < -0.39 is 32.6 Å². The average Bonchev–Trinajstić information content (AvgIpc) is 3.03. The summed E-state index contributed by atoms with van der Waals surface area (Å²) in [6.45, 7) is 15.6. The molecular weight excluding hydrogens is 600 g/mol. The number of ether oxygens (including phenoxy) is 5. The van der Waals surface area contributed by atoms with Crippen molar-refractivity contribution >= 4 is 30.4 Å². The SMILES string of the molecule is C=CCC/C=C(\C)C(=O)O[C@@H](CO[Si](c1ccccc1)(c1ccccc1)C(C)(C)C)C[C@@H](C)[C@H](OCOC)[C@@H](OCOC)C(C)=O. The summed E-state index contributed by atoms with van der Waals surface area (Å²) in [5.74, 6) is -0.921. The fourth-order valence-corrected chi connectivity index (χ4v) is 10.3. The number of ketones is 1. The second kappa shape index (κ2) is 19.7. The van der Waals surface area contributed by atoms with E-state index in [9.17, 15) is 9.59 Å². The summed E-state index contributed by atoms with van der Waals surface area (Å²) < 4.78 is 35.4. The number of Topliss-reactive ketones (excluding diaryl/α,β-unsaturated/α-hetero) is 1. The van der Waals surface area contributed by atoms with Gasteiger partial charge in [0, 0.05) is 19.8 Å². The molecule has 8 nitrogen and oxygen atoms in total. The number of esters is 1. The van der Waals surface area contributed by atoms with Crippen LogP contribution in [0.5, 0.6) is 0 Å². The van der Waals surface area contributed by atoms with Gasteiger partial charge < -0.3 is 28.1 Å². The first kappa shape index (κ1) is 39.3. The molecule has 0 saturated carbocycles. The molecule has 46 heavy (non-hydrogen) atoms. The van der Waals surface area contributed by atoms with Gasteiger partial charge in [-0.1, -0.05) is 101 Å². The number of carbonyl (C=O) groups is 2. The van der Waals surface area contributed by atoms with Gasteiger partial charge >= 0.3 is 5.97 Å². The zero-order valence-corrected chi connectivity index (χ0v) is 30.0. The fraction of sp³-hybridized carbons (Fsp3) is 0.514. The van der Waals surface area contributed by atoms with Crippen molar-refractivity contribution in [3.63, 3.8) is 0 Å². The molecule has 0 aliphatic heterocycles. The lowest BCUT2D eigenvalue weighted by Gasteiger charge is -2.43. The first-order valence-electron chi connectivity index (χ1n) is 15.9. The van der Waals surface area contributed by atoms with Crippen molar-refractivity contribution in [3.05, 3.63) is 85.0 Å². The van der Waals surface area contributed by atoms with Crippen LogP contribution >= 0.6 is 0 Å². The third-order valence-electron chi connectivity index (χ3n) is 7.96. The lowest BCUT2D eigenvalue weighted by molar-refractivity contribution is -0.181. The van der Waals surface area contributed by atoms with E-state index in [2.05, 4.69) is 51.6 Å². The zero-order valence-electron chi connectivity index (χ0n) is 29.0. The highest BCUT2D eigenvalue weighted by molar-refractivity contribution is 6.99. The molecule has 0 radical (unpaired) electrons. The molecule has 2 rings (SSSR count). The Balaban J connectivity index is 2.56. The van der Waals surface area contributed by atoms with Crippen LogP contribution in [0.2, 0.25) is 5.04 Å². The van der Waals surface area contributed by atoms with E-state index in [0.29, 0.717) is 18.4 Å². The molecule has 0 spiro atoms. The summed E-state index contributed by atoms with van der Waals surface area (Å²) in [5.41, 5.74) is 0.516. The molecule has 0 fully saturated rings. The average molecular weight is 655 g/mol. The predicted molar refractivity (Wildman–Crippen MR) is 185 cm³/mol. The quantitative estimate of drug-likeness (QED) is 0.0406. The summed E-state index contributed by atoms with van der Waals surface area (Å²) >= 11 is 0. The second-order valence-electron chi connectivity index (χ2n) is 12.6. The fourth-order valence-electron chi connectivity index (χ4n) is 5.71. The van der Waals surface area contributed by atoms with Gasteiger partial charge in [0.25, 0.3) is 8.32 Å². The maximum Gasteiger partial charge on any atom is 0.333 e. The summed E-state index contributed by atoms with van der Waals surface area (Å²) in [4.78, 5) is 26.1. The second-order valence-corrected chi connectivity index (χ2v) is 16.9. The number of benzene rings is 2. The molecule has 9 heteroatoms. The van der Waals surface area contributed by atoms with E-state index in [4.69, 9.17) is 28.1 Å². The lowest BCUT2D eigenvalue weighted by atomic mass is 9.92. The van der Waals surface area contributed by atoms with Crippen molar-refractivity contribution in [1.82, 2.24) is 0 Å². The van der Waals surface area contributed by atoms with Gasteiger partial charge in [-0.15, -0.1) is 6.58 Å². The van der Waals surface area contributed by atoms with Crippen LogP contribution in [0.4, 0.5) is 0 Å². The van der Waals surface area contributed by atoms with Crippen LogP contribution in [-0.4, -0.2) is 72.8 Å². The molecule has 0 aromatic heterocycles. The normalized spacial score (nSPS) is 15.1. The Kier molecular flexibility index (Phi) is 16.8. The van der Waals surface area contributed by atoms with Crippen LogP contribution in [-0.2, 0) is 37.7 Å². The minimum atomic E-state index is -2.94. The third-order valence-corrected chi connectivity index (χ3v) is 13.0. The van der Waals surface area contributed by atoms with Crippen molar-refractivity contribution in [1.29, 1.82) is 0 Å². The highest BCUT2D eigenvalue weighted by Crippen LogP contribution is 2.37. The van der Waals surface area contributed by atoms with Gasteiger partial charge in [-0.2, -0.15) is 0 Å². The van der Waals surface area contributed by atoms with E-state index in [-0.39, 0.29) is 36.9 Å². The molecule has 0 unspecified atom stereocenters. The number of hydrogen-bond acceptors (Lipinski definition) is 8. The van der Waals surface area contributed by atoms with Gasteiger partial charge in [0.2, 0.25) is 0 Å². The number of methoxy groups -OCH3 is 2. The van der Waals surface area contributed by atoms with Crippen molar-refractivity contribution in [2.45, 2.75) is 84.2 Å². The molecule has 0 saturated heterocycles. The molecule has 2 aromatic rings. The number of unbranched alkanes of at least 4 members (excludes halogenated alkanes) is 1. The van der Waals surface area contributed by atoms with Gasteiger partial charge in [0.1, 0.15) is 25.8 Å². The van der Waals surface area contributed by atoms with Crippen LogP contribution in [0.25, 0.3) is 0 Å². The van der Waals surface area contributed by atoms with Crippen LogP contribution in [0.1, 0.15) is 60.8 Å². The number of carbonyl (C=O) groups excluding carboxylic acids is 2. The molecule has 2 aromatic carbocycles. The monoisotopic (exact) mass is 654 g/mol. The molecular formula is C37H54O8Si. The third kappa shape index (κ3) is 11.1. The molecule has 0 N–H and O–H groups in total. The van der Waals surface area contributed by atoms with E-state index in [1.807, 2.05) is 55.5 Å². The van der Waals surface area contributed by atoms with Crippen molar-refractivity contribution in [2.75, 3.05) is 34.4 Å². The predicted octanol–water partition coefficient (Wildman–Crippen LogP) is 5.98. The summed E-state index contributed by atoms with van der Waals surface area (Å²) in [5, 5.41) is 1.98. The molecule has 0 amide bonds. The van der Waals surface area contributed by atoms with Crippen LogP contribution in [0.15, 0.2) is 85.0 Å². The molecule has 4 atom stereocenters. The maximum atomic E-state index is 13.4. The van der Waals surface area contributed by atoms with Crippen LogP contribution in [0, 0.1) is 5.92 Å². The standard InChI is InChI=1S/C37H54O8Si/c1-10-11-14-19-28(2)36(39)45-31(24-29(3)34(42-26-40-8)35(30(4)38)43-27-41-9)25-44-46(37(5,6)7,32-20-15-12-16-21-32)33-22-17-13-18-23-33/h10,12-13,15-23,29,31,34-35H,1,11,14,24-27H2,2-9H3/b28-19+/t29-,31-,34+,35+/m1/s1. The van der Waals surface area contributed by atoms with Gasteiger partial charge in [0.05, 0.1) is 12.7 Å². The van der Waals surface area contributed by atoms with Gasteiger partial charge in [-0.05, 0) is 54.4 Å². The molecule has 0 bridgehead atoms. The molecule has 0 aliphatic carbocycles. The topological polar surface area (TPSA) is 89.5 Å². The summed E-state index contributed by atoms with van der Waals surface area (Å²) in [7, 11) is 0.0761. The van der Waals surface area contributed by atoms with Crippen molar-refractivity contribution in [3.8, 4) is 0 Å². The highest BCUT2D eigenvalue weighted by Gasteiger charge is 2.50. The minimum absolute atomic E-state index is 0.0384. The maximum absolute atomic E-state index is 13.4. The first-order chi connectivity index (χ1) is 21.9. The van der Waals surface area contributed by atoms with E-state index >= 15 is 0 Å². The molecule has 0 aliphatic rings. The van der Waals surface area contributed by atoms with E-state index in [1.54, 1.807) is 6.92 Å². The minimum Gasteiger partial charge on any atom is -0.457 e. The van der Waals surface area contributed by atoms with Gasteiger partial charge in [-0.25, -0.2) is 4.79 Å². The Labute approximate surface area is 277 Å². The van der Waals surface area contributed by atoms with Crippen LogP contribution in [0.3, 0.4) is 0 Å². The number of rotatable bonds is 21. The first-order valence-corrected chi connectivity index (χ1v) is 17.8. The summed E-state index contributed by atoms with van der Waals surface area (Å²) in [6.07, 6.45) is 3.22. The van der Waals surface area contributed by atoms with Gasteiger partial charge in [0.15, 0.2) is 5.78 Å². The Morgan fingerprint density at radius 1 is 0.870 bits per heavy atom. The molecule has 0 heterocycles. The van der Waals surface area contributed by atoms with Crippen LogP contribution < -0.4 is 10.4 Å². The Bertz CT molecular complexity index is 1190. The summed E-state index contributed by atoms with van der Waals surface area (Å²) in [6, 6.07) is 20.6.